The van der Waals surface area contributed by atoms with Gasteiger partial charge < -0.3 is 10.1 Å². The number of imide groups is 1. The summed E-state index contributed by atoms with van der Waals surface area (Å²) in [6.07, 6.45) is 0. The van der Waals surface area contributed by atoms with Crippen LogP contribution in [-0.2, 0) is 10.5 Å². The van der Waals surface area contributed by atoms with Crippen molar-refractivity contribution in [2.24, 2.45) is 0 Å². The fraction of sp³-hybridized carbons (Fsp3) is 0.385. The average Bonchev–Trinajstić information content (AvgIpc) is 2.44. The molecule has 1 aromatic carbocycles. The highest BCUT2D eigenvalue weighted by atomic mass is 32.2. The van der Waals surface area contributed by atoms with Crippen LogP contribution in [-0.4, -0.2) is 31.3 Å². The Morgan fingerprint density at radius 1 is 1.45 bits per heavy atom. The van der Waals surface area contributed by atoms with Crippen LogP contribution >= 0.6 is 11.8 Å². The normalized spacial score (nSPS) is 11.6. The molecule has 3 amide bonds. The van der Waals surface area contributed by atoms with Crippen LogP contribution in [0.2, 0.25) is 0 Å². The SMILES string of the molecule is CNC(=O)NC(=O)C(C)SCc1cc(F)ccc1OC. The summed E-state index contributed by atoms with van der Waals surface area (Å²) in [6, 6.07) is 3.68. The van der Waals surface area contributed by atoms with E-state index in [0.717, 1.165) is 0 Å². The van der Waals surface area contributed by atoms with Crippen molar-refractivity contribution in [3.8, 4) is 5.75 Å². The molecule has 20 heavy (non-hydrogen) atoms. The molecule has 0 aliphatic rings. The Morgan fingerprint density at radius 3 is 2.75 bits per heavy atom. The van der Waals surface area contributed by atoms with Gasteiger partial charge in [-0.15, -0.1) is 11.8 Å². The molecule has 0 saturated heterocycles. The van der Waals surface area contributed by atoms with Crippen LogP contribution in [0.4, 0.5) is 9.18 Å². The molecule has 0 aliphatic carbocycles. The maximum atomic E-state index is 13.2. The summed E-state index contributed by atoms with van der Waals surface area (Å²) in [5, 5.41) is 4.05. The van der Waals surface area contributed by atoms with E-state index in [-0.39, 0.29) is 5.82 Å². The molecule has 0 radical (unpaired) electrons. The minimum Gasteiger partial charge on any atom is -0.496 e. The van der Waals surface area contributed by atoms with Gasteiger partial charge in [-0.3, -0.25) is 10.1 Å². The van der Waals surface area contributed by atoms with Gasteiger partial charge in [0.2, 0.25) is 5.91 Å². The highest BCUT2D eigenvalue weighted by Crippen LogP contribution is 2.26. The van der Waals surface area contributed by atoms with E-state index in [0.29, 0.717) is 17.1 Å². The Labute approximate surface area is 121 Å². The number of carbonyl (C=O) groups is 2. The van der Waals surface area contributed by atoms with E-state index in [9.17, 15) is 14.0 Å². The number of methoxy groups -OCH3 is 1. The van der Waals surface area contributed by atoms with E-state index < -0.39 is 17.2 Å². The van der Waals surface area contributed by atoms with Gasteiger partial charge in [0.15, 0.2) is 0 Å². The number of hydrogen-bond acceptors (Lipinski definition) is 4. The minimum atomic E-state index is -0.550. The molecule has 1 aromatic rings. The molecule has 0 bridgehead atoms. The zero-order valence-corrected chi connectivity index (χ0v) is 12.3. The van der Waals surface area contributed by atoms with Crippen LogP contribution in [0.5, 0.6) is 5.75 Å². The van der Waals surface area contributed by atoms with Gasteiger partial charge >= 0.3 is 6.03 Å². The molecule has 0 aliphatic heterocycles. The topological polar surface area (TPSA) is 67.4 Å². The third-order valence-electron chi connectivity index (χ3n) is 2.56. The predicted octanol–water partition coefficient (Wildman–Crippen LogP) is 1.91. The first-order valence-electron chi connectivity index (χ1n) is 5.94. The van der Waals surface area contributed by atoms with E-state index in [1.54, 1.807) is 13.0 Å². The molecular formula is C13H17FN2O3S. The van der Waals surface area contributed by atoms with Gasteiger partial charge in [-0.05, 0) is 25.1 Å². The lowest BCUT2D eigenvalue weighted by Gasteiger charge is -2.12. The molecule has 2 N–H and O–H groups in total. The summed E-state index contributed by atoms with van der Waals surface area (Å²) in [5.74, 6) is 0.217. The molecular weight excluding hydrogens is 283 g/mol. The molecule has 0 aromatic heterocycles. The number of ether oxygens (including phenoxy) is 1. The van der Waals surface area contributed by atoms with Crippen molar-refractivity contribution < 1.29 is 18.7 Å². The third-order valence-corrected chi connectivity index (χ3v) is 3.76. The zero-order chi connectivity index (χ0) is 15.1. The summed E-state index contributed by atoms with van der Waals surface area (Å²) in [4.78, 5) is 22.7. The van der Waals surface area contributed by atoms with Crippen molar-refractivity contribution >= 4 is 23.7 Å². The lowest BCUT2D eigenvalue weighted by atomic mass is 10.2. The van der Waals surface area contributed by atoms with Crippen molar-refractivity contribution in [2.75, 3.05) is 14.2 Å². The smallest absolute Gasteiger partial charge is 0.321 e. The van der Waals surface area contributed by atoms with Gasteiger partial charge in [0.1, 0.15) is 11.6 Å². The maximum absolute atomic E-state index is 13.2. The molecule has 5 nitrogen and oxygen atoms in total. The summed E-state index contributed by atoms with van der Waals surface area (Å²) >= 11 is 1.29. The summed E-state index contributed by atoms with van der Waals surface area (Å²) in [7, 11) is 2.93. The molecule has 110 valence electrons. The molecule has 7 heteroatoms. The molecule has 0 fully saturated rings. The molecule has 0 heterocycles. The fourth-order valence-corrected chi connectivity index (χ4v) is 2.29. The van der Waals surface area contributed by atoms with Gasteiger partial charge in [0, 0.05) is 18.4 Å². The number of urea groups is 1. The first kappa shape index (κ1) is 16.3. The Bertz CT molecular complexity index is 497. The molecule has 0 spiro atoms. The van der Waals surface area contributed by atoms with Crippen LogP contribution in [0.25, 0.3) is 0 Å². The van der Waals surface area contributed by atoms with E-state index in [2.05, 4.69) is 10.6 Å². The van der Waals surface area contributed by atoms with E-state index in [1.165, 1.54) is 38.1 Å². The maximum Gasteiger partial charge on any atom is 0.321 e. The lowest BCUT2D eigenvalue weighted by molar-refractivity contribution is -0.119. The van der Waals surface area contributed by atoms with Gasteiger partial charge in [0.25, 0.3) is 0 Å². The minimum absolute atomic E-state index is 0.358. The first-order chi connectivity index (χ1) is 9.47. The van der Waals surface area contributed by atoms with Gasteiger partial charge in [0.05, 0.1) is 12.4 Å². The van der Waals surface area contributed by atoms with Crippen LogP contribution in [0.15, 0.2) is 18.2 Å². The standard InChI is InChI=1S/C13H17FN2O3S/c1-8(12(17)16-13(18)15-2)20-7-9-6-10(14)4-5-11(9)19-3/h4-6,8H,7H2,1-3H3,(H2,15,16,17,18). The molecule has 1 atom stereocenters. The van der Waals surface area contributed by atoms with Crippen LogP contribution in [0.1, 0.15) is 12.5 Å². The monoisotopic (exact) mass is 300 g/mol. The van der Waals surface area contributed by atoms with Crippen molar-refractivity contribution in [3.05, 3.63) is 29.6 Å². The van der Waals surface area contributed by atoms with Gasteiger partial charge in [-0.25, -0.2) is 9.18 Å². The largest absolute Gasteiger partial charge is 0.496 e. The number of halogens is 1. The number of hydrogen-bond donors (Lipinski definition) is 2. The summed E-state index contributed by atoms with van der Waals surface area (Å²) in [6.45, 7) is 1.68. The van der Waals surface area contributed by atoms with Gasteiger partial charge in [-0.2, -0.15) is 0 Å². The number of carbonyl (C=O) groups excluding carboxylic acids is 2. The highest BCUT2D eigenvalue weighted by molar-refractivity contribution is 7.99. The van der Waals surface area contributed by atoms with Gasteiger partial charge in [-0.1, -0.05) is 0 Å². The molecule has 1 unspecified atom stereocenters. The van der Waals surface area contributed by atoms with E-state index in [4.69, 9.17) is 4.74 Å². The third kappa shape index (κ3) is 4.73. The Morgan fingerprint density at radius 2 is 2.15 bits per heavy atom. The highest BCUT2D eigenvalue weighted by Gasteiger charge is 2.16. The second-order valence-electron chi connectivity index (χ2n) is 3.98. The fourth-order valence-electron chi connectivity index (χ4n) is 1.43. The zero-order valence-electron chi connectivity index (χ0n) is 11.5. The molecule has 1 rings (SSSR count). The second kappa shape index (κ2) is 7.74. The van der Waals surface area contributed by atoms with E-state index >= 15 is 0 Å². The van der Waals surface area contributed by atoms with E-state index in [1.807, 2.05) is 0 Å². The quantitative estimate of drug-likeness (QED) is 0.871. The number of amides is 3. The van der Waals surface area contributed by atoms with Crippen molar-refractivity contribution in [2.45, 2.75) is 17.9 Å². The predicted molar refractivity (Wildman–Crippen MR) is 76.3 cm³/mol. The first-order valence-corrected chi connectivity index (χ1v) is 6.99. The molecule has 0 saturated carbocycles. The van der Waals surface area contributed by atoms with Crippen LogP contribution in [0, 0.1) is 5.82 Å². The Hall–Kier alpha value is -1.76. The van der Waals surface area contributed by atoms with Crippen molar-refractivity contribution in [3.63, 3.8) is 0 Å². The summed E-state index contributed by atoms with van der Waals surface area (Å²) in [5.41, 5.74) is 0.664. The second-order valence-corrected chi connectivity index (χ2v) is 5.31. The number of thioether (sulfide) groups is 1. The van der Waals surface area contributed by atoms with Crippen LogP contribution in [0.3, 0.4) is 0 Å². The van der Waals surface area contributed by atoms with Crippen molar-refractivity contribution in [1.82, 2.24) is 10.6 Å². The number of rotatable bonds is 5. The average molecular weight is 300 g/mol. The number of benzene rings is 1. The summed E-state index contributed by atoms with van der Waals surface area (Å²) < 4.78 is 18.3. The van der Waals surface area contributed by atoms with Crippen LogP contribution < -0.4 is 15.4 Å². The lowest BCUT2D eigenvalue weighted by Crippen LogP contribution is -2.41. The Kier molecular flexibility index (Phi) is 6.30. The van der Waals surface area contributed by atoms with Crippen molar-refractivity contribution in [1.29, 1.82) is 0 Å². The number of nitrogens with one attached hydrogen (secondary N) is 2. The Balaban J connectivity index is 2.60.